The highest BCUT2D eigenvalue weighted by atomic mass is 16.5. The van der Waals surface area contributed by atoms with Crippen LogP contribution in [0.25, 0.3) is 17.0 Å². The fourth-order valence-corrected chi connectivity index (χ4v) is 1.86. The monoisotopic (exact) mass is 250 g/mol. The zero-order valence-corrected chi connectivity index (χ0v) is 10.2. The van der Waals surface area contributed by atoms with E-state index in [4.69, 9.17) is 10.00 Å². The van der Waals surface area contributed by atoms with E-state index < -0.39 is 0 Å². The van der Waals surface area contributed by atoms with E-state index in [1.54, 1.807) is 30.0 Å². The van der Waals surface area contributed by atoms with Crippen LogP contribution >= 0.6 is 0 Å². The maximum absolute atomic E-state index is 9.04. The first-order valence-corrected chi connectivity index (χ1v) is 5.72. The van der Waals surface area contributed by atoms with E-state index in [0.29, 0.717) is 17.0 Å². The van der Waals surface area contributed by atoms with Crippen LogP contribution in [-0.4, -0.2) is 21.7 Å². The van der Waals surface area contributed by atoms with Crippen molar-refractivity contribution in [3.63, 3.8) is 0 Å². The minimum atomic E-state index is 0.509. The zero-order chi connectivity index (χ0) is 13.2. The number of benzene rings is 1. The number of hydrogen-bond acceptors (Lipinski definition) is 4. The third kappa shape index (κ3) is 1.89. The van der Waals surface area contributed by atoms with Crippen molar-refractivity contribution in [1.29, 1.82) is 5.26 Å². The van der Waals surface area contributed by atoms with Crippen molar-refractivity contribution >= 4 is 5.65 Å². The van der Waals surface area contributed by atoms with Crippen molar-refractivity contribution in [1.82, 2.24) is 14.6 Å². The number of ether oxygens (including phenoxy) is 1. The number of nitriles is 1. The molecule has 0 spiro atoms. The average Bonchev–Trinajstić information content (AvgIpc) is 2.91. The van der Waals surface area contributed by atoms with Gasteiger partial charge in [0.25, 0.3) is 0 Å². The van der Waals surface area contributed by atoms with Crippen LogP contribution in [0.5, 0.6) is 5.75 Å². The standard InChI is InChI=1S/C14H10N4O/c1-19-12-6-4-10(5-7-12)13-16-14-11(9-15)3-2-8-18(14)17-13/h2-8H,1H3. The maximum atomic E-state index is 9.04. The number of rotatable bonds is 2. The third-order valence-electron chi connectivity index (χ3n) is 2.83. The van der Waals surface area contributed by atoms with E-state index in [0.717, 1.165) is 11.3 Å². The molecular formula is C14H10N4O. The Labute approximate surface area is 109 Å². The second-order valence-corrected chi connectivity index (χ2v) is 3.97. The van der Waals surface area contributed by atoms with Crippen LogP contribution in [0.3, 0.4) is 0 Å². The Balaban J connectivity index is 2.12. The van der Waals surface area contributed by atoms with Crippen molar-refractivity contribution in [3.8, 4) is 23.2 Å². The average molecular weight is 250 g/mol. The molecule has 2 aromatic heterocycles. The quantitative estimate of drug-likeness (QED) is 0.700. The van der Waals surface area contributed by atoms with E-state index in [2.05, 4.69) is 16.2 Å². The fraction of sp³-hybridized carbons (Fsp3) is 0.0714. The Morgan fingerprint density at radius 2 is 2.00 bits per heavy atom. The van der Waals surface area contributed by atoms with Gasteiger partial charge in [-0.1, -0.05) is 0 Å². The summed E-state index contributed by atoms with van der Waals surface area (Å²) >= 11 is 0. The van der Waals surface area contributed by atoms with Gasteiger partial charge in [-0.15, -0.1) is 5.10 Å². The molecule has 1 aromatic carbocycles. The molecule has 3 rings (SSSR count). The molecule has 0 radical (unpaired) electrons. The molecule has 5 heteroatoms. The first-order valence-electron chi connectivity index (χ1n) is 5.72. The summed E-state index contributed by atoms with van der Waals surface area (Å²) in [6.45, 7) is 0. The largest absolute Gasteiger partial charge is 0.497 e. The minimum Gasteiger partial charge on any atom is -0.497 e. The second-order valence-electron chi connectivity index (χ2n) is 3.97. The minimum absolute atomic E-state index is 0.509. The number of pyridine rings is 1. The molecule has 0 N–H and O–H groups in total. The first-order chi connectivity index (χ1) is 9.31. The highest BCUT2D eigenvalue weighted by molar-refractivity contribution is 5.62. The molecule has 0 bridgehead atoms. The molecule has 19 heavy (non-hydrogen) atoms. The SMILES string of the molecule is COc1ccc(-c2nc3c(C#N)cccn3n2)cc1. The Hall–Kier alpha value is -2.87. The number of hydrogen-bond donors (Lipinski definition) is 0. The Bertz CT molecular complexity index is 768. The molecule has 0 amide bonds. The van der Waals surface area contributed by atoms with Crippen LogP contribution in [0.2, 0.25) is 0 Å². The molecular weight excluding hydrogens is 240 g/mol. The predicted octanol–water partition coefficient (Wildman–Crippen LogP) is 2.28. The van der Waals surface area contributed by atoms with Gasteiger partial charge in [-0.05, 0) is 36.4 Å². The molecule has 0 atom stereocenters. The highest BCUT2D eigenvalue weighted by Gasteiger charge is 2.09. The number of nitrogens with zero attached hydrogens (tertiary/aromatic N) is 4. The van der Waals surface area contributed by atoms with Crippen LogP contribution in [0.1, 0.15) is 5.56 Å². The van der Waals surface area contributed by atoms with Gasteiger partial charge in [0.1, 0.15) is 11.8 Å². The lowest BCUT2D eigenvalue weighted by molar-refractivity contribution is 0.415. The lowest BCUT2D eigenvalue weighted by atomic mass is 10.2. The molecule has 0 aliphatic heterocycles. The second kappa shape index (κ2) is 4.42. The summed E-state index contributed by atoms with van der Waals surface area (Å²) in [7, 11) is 1.62. The number of fused-ring (bicyclic) bond motifs is 1. The summed E-state index contributed by atoms with van der Waals surface area (Å²) < 4.78 is 6.72. The lowest BCUT2D eigenvalue weighted by Gasteiger charge is -1.99. The van der Waals surface area contributed by atoms with Gasteiger partial charge in [-0.3, -0.25) is 0 Å². The molecule has 3 aromatic rings. The first kappa shape index (κ1) is 11.2. The van der Waals surface area contributed by atoms with Gasteiger partial charge in [-0.2, -0.15) is 5.26 Å². The van der Waals surface area contributed by atoms with E-state index in [-0.39, 0.29) is 0 Å². The molecule has 0 saturated carbocycles. The summed E-state index contributed by atoms with van der Waals surface area (Å²) in [6.07, 6.45) is 1.77. The molecule has 0 aliphatic carbocycles. The fourth-order valence-electron chi connectivity index (χ4n) is 1.86. The highest BCUT2D eigenvalue weighted by Crippen LogP contribution is 2.20. The van der Waals surface area contributed by atoms with Gasteiger partial charge in [0.05, 0.1) is 12.7 Å². The Kier molecular flexibility index (Phi) is 2.62. The van der Waals surface area contributed by atoms with Crippen LogP contribution in [0.15, 0.2) is 42.6 Å². The van der Waals surface area contributed by atoms with Crippen molar-refractivity contribution < 1.29 is 4.74 Å². The molecule has 0 fully saturated rings. The summed E-state index contributed by atoms with van der Waals surface area (Å²) in [6, 6.07) is 13.1. The van der Waals surface area contributed by atoms with Gasteiger partial charge >= 0.3 is 0 Å². The van der Waals surface area contributed by atoms with E-state index in [9.17, 15) is 0 Å². The maximum Gasteiger partial charge on any atom is 0.182 e. The summed E-state index contributed by atoms with van der Waals surface area (Å²) in [5.41, 5.74) is 1.96. The van der Waals surface area contributed by atoms with Gasteiger partial charge in [0.15, 0.2) is 11.5 Å². The van der Waals surface area contributed by atoms with Crippen LogP contribution in [-0.2, 0) is 0 Å². The van der Waals surface area contributed by atoms with Crippen molar-refractivity contribution in [2.24, 2.45) is 0 Å². The molecule has 0 saturated heterocycles. The molecule has 5 nitrogen and oxygen atoms in total. The Morgan fingerprint density at radius 3 is 2.68 bits per heavy atom. The molecule has 0 aliphatic rings. The molecule has 0 unspecified atom stereocenters. The van der Waals surface area contributed by atoms with Gasteiger partial charge in [-0.25, -0.2) is 9.50 Å². The lowest BCUT2D eigenvalue weighted by Crippen LogP contribution is -1.88. The number of methoxy groups -OCH3 is 1. The van der Waals surface area contributed by atoms with Crippen LogP contribution in [0.4, 0.5) is 0 Å². The van der Waals surface area contributed by atoms with Gasteiger partial charge < -0.3 is 4.74 Å². The van der Waals surface area contributed by atoms with Crippen LogP contribution in [0, 0.1) is 11.3 Å². The third-order valence-corrected chi connectivity index (χ3v) is 2.83. The molecule has 92 valence electrons. The van der Waals surface area contributed by atoms with Crippen molar-refractivity contribution in [3.05, 3.63) is 48.2 Å². The zero-order valence-electron chi connectivity index (χ0n) is 10.2. The summed E-state index contributed by atoms with van der Waals surface area (Å²) in [5, 5.41) is 13.4. The topological polar surface area (TPSA) is 63.2 Å². The van der Waals surface area contributed by atoms with Crippen molar-refractivity contribution in [2.45, 2.75) is 0 Å². The smallest absolute Gasteiger partial charge is 0.182 e. The van der Waals surface area contributed by atoms with Gasteiger partial charge in [0, 0.05) is 11.8 Å². The van der Waals surface area contributed by atoms with Gasteiger partial charge in [0.2, 0.25) is 0 Å². The summed E-state index contributed by atoms with van der Waals surface area (Å²) in [5.74, 6) is 1.37. The van der Waals surface area contributed by atoms with Crippen LogP contribution < -0.4 is 4.74 Å². The normalized spacial score (nSPS) is 10.3. The van der Waals surface area contributed by atoms with E-state index in [1.807, 2.05) is 24.3 Å². The van der Waals surface area contributed by atoms with E-state index >= 15 is 0 Å². The van der Waals surface area contributed by atoms with Crippen molar-refractivity contribution in [2.75, 3.05) is 7.11 Å². The summed E-state index contributed by atoms with van der Waals surface area (Å²) in [4.78, 5) is 4.40. The molecule has 2 heterocycles. The van der Waals surface area contributed by atoms with E-state index in [1.165, 1.54) is 0 Å². The Morgan fingerprint density at radius 1 is 1.21 bits per heavy atom. The number of aromatic nitrogens is 3. The predicted molar refractivity (Wildman–Crippen MR) is 69.7 cm³/mol.